The molecule has 2 bridgehead atoms. The van der Waals surface area contributed by atoms with Gasteiger partial charge in [-0.25, -0.2) is 0 Å². The van der Waals surface area contributed by atoms with Crippen LogP contribution in [0.4, 0.5) is 0 Å². The van der Waals surface area contributed by atoms with Gasteiger partial charge >= 0.3 is 0 Å². The zero-order chi connectivity index (χ0) is 13.1. The SMILES string of the molecule is CC(C)OCCC(=O)N(C)C1CC2CCC(C1)N2. The van der Waals surface area contributed by atoms with Gasteiger partial charge < -0.3 is 15.0 Å². The summed E-state index contributed by atoms with van der Waals surface area (Å²) in [5, 5.41) is 3.61. The van der Waals surface area contributed by atoms with Crippen molar-refractivity contribution in [2.75, 3.05) is 13.7 Å². The molecule has 2 heterocycles. The number of carbonyl (C=O) groups excluding carboxylic acids is 1. The van der Waals surface area contributed by atoms with Crippen molar-refractivity contribution in [3.63, 3.8) is 0 Å². The Morgan fingerprint density at radius 1 is 1.33 bits per heavy atom. The van der Waals surface area contributed by atoms with E-state index in [1.807, 2.05) is 25.8 Å². The summed E-state index contributed by atoms with van der Waals surface area (Å²) in [6.07, 6.45) is 5.50. The maximum Gasteiger partial charge on any atom is 0.224 e. The van der Waals surface area contributed by atoms with E-state index < -0.39 is 0 Å². The van der Waals surface area contributed by atoms with Crippen LogP contribution >= 0.6 is 0 Å². The van der Waals surface area contributed by atoms with E-state index in [1.165, 1.54) is 12.8 Å². The third kappa shape index (κ3) is 3.45. The Kier molecular flexibility index (Phi) is 4.62. The van der Waals surface area contributed by atoms with Crippen LogP contribution in [-0.2, 0) is 9.53 Å². The molecule has 0 aromatic rings. The van der Waals surface area contributed by atoms with E-state index in [0.717, 1.165) is 12.8 Å². The number of nitrogens with zero attached hydrogens (tertiary/aromatic N) is 1. The van der Waals surface area contributed by atoms with Crippen LogP contribution in [0.1, 0.15) is 46.0 Å². The van der Waals surface area contributed by atoms with E-state index >= 15 is 0 Å². The molecule has 2 aliphatic rings. The molecule has 1 amide bonds. The number of rotatable bonds is 5. The molecule has 2 unspecified atom stereocenters. The van der Waals surface area contributed by atoms with Crippen molar-refractivity contribution in [2.45, 2.75) is 70.2 Å². The van der Waals surface area contributed by atoms with Gasteiger partial charge in [-0.1, -0.05) is 0 Å². The van der Waals surface area contributed by atoms with Gasteiger partial charge in [0.05, 0.1) is 19.1 Å². The van der Waals surface area contributed by atoms with Crippen LogP contribution < -0.4 is 5.32 Å². The van der Waals surface area contributed by atoms with E-state index in [2.05, 4.69) is 5.32 Å². The minimum Gasteiger partial charge on any atom is -0.378 e. The summed E-state index contributed by atoms with van der Waals surface area (Å²) >= 11 is 0. The lowest BCUT2D eigenvalue weighted by molar-refractivity contribution is -0.134. The van der Waals surface area contributed by atoms with Gasteiger partial charge in [0.1, 0.15) is 0 Å². The number of hydrogen-bond acceptors (Lipinski definition) is 3. The predicted octanol–water partition coefficient (Wildman–Crippen LogP) is 1.54. The molecule has 4 heteroatoms. The van der Waals surface area contributed by atoms with Gasteiger partial charge in [0.2, 0.25) is 5.91 Å². The van der Waals surface area contributed by atoms with Crippen LogP contribution in [0.15, 0.2) is 0 Å². The number of amides is 1. The second-order valence-electron chi connectivity index (χ2n) is 5.94. The molecular weight excluding hydrogens is 228 g/mol. The van der Waals surface area contributed by atoms with Crippen LogP contribution in [0.5, 0.6) is 0 Å². The number of hydrogen-bond donors (Lipinski definition) is 1. The monoisotopic (exact) mass is 254 g/mol. The van der Waals surface area contributed by atoms with Gasteiger partial charge in [0, 0.05) is 25.2 Å². The fourth-order valence-corrected chi connectivity index (χ4v) is 3.11. The van der Waals surface area contributed by atoms with Crippen molar-refractivity contribution >= 4 is 5.91 Å². The normalized spacial score (nSPS) is 30.8. The third-order valence-corrected chi connectivity index (χ3v) is 4.16. The molecule has 0 saturated carbocycles. The van der Waals surface area contributed by atoms with Gasteiger partial charge in [-0.15, -0.1) is 0 Å². The lowest BCUT2D eigenvalue weighted by Gasteiger charge is -2.35. The highest BCUT2D eigenvalue weighted by atomic mass is 16.5. The predicted molar refractivity (Wildman–Crippen MR) is 71.4 cm³/mol. The number of nitrogens with one attached hydrogen (secondary N) is 1. The van der Waals surface area contributed by atoms with Crippen molar-refractivity contribution < 1.29 is 9.53 Å². The molecule has 2 atom stereocenters. The van der Waals surface area contributed by atoms with Crippen molar-refractivity contribution in [1.82, 2.24) is 10.2 Å². The first-order chi connectivity index (χ1) is 8.56. The summed E-state index contributed by atoms with van der Waals surface area (Å²) in [6.45, 7) is 4.54. The summed E-state index contributed by atoms with van der Waals surface area (Å²) in [4.78, 5) is 14.0. The number of fused-ring (bicyclic) bond motifs is 2. The standard InChI is InChI=1S/C14H26N2O2/c1-10(2)18-7-6-14(17)16(3)13-8-11-4-5-12(9-13)15-11/h10-13,15H,4-9H2,1-3H3. The molecule has 18 heavy (non-hydrogen) atoms. The molecule has 0 spiro atoms. The lowest BCUT2D eigenvalue weighted by atomic mass is 9.98. The van der Waals surface area contributed by atoms with Crippen molar-refractivity contribution in [3.8, 4) is 0 Å². The van der Waals surface area contributed by atoms with Gasteiger partial charge in [0.15, 0.2) is 0 Å². The van der Waals surface area contributed by atoms with Gasteiger partial charge in [-0.3, -0.25) is 4.79 Å². The molecule has 0 aliphatic carbocycles. The Morgan fingerprint density at radius 2 is 1.94 bits per heavy atom. The van der Waals surface area contributed by atoms with Crippen LogP contribution in [0.3, 0.4) is 0 Å². The second kappa shape index (κ2) is 6.02. The zero-order valence-corrected chi connectivity index (χ0v) is 11.8. The van der Waals surface area contributed by atoms with Crippen LogP contribution in [0.2, 0.25) is 0 Å². The summed E-state index contributed by atoms with van der Waals surface area (Å²) < 4.78 is 5.44. The topological polar surface area (TPSA) is 41.6 Å². The molecule has 2 saturated heterocycles. The molecule has 2 aliphatic heterocycles. The third-order valence-electron chi connectivity index (χ3n) is 4.16. The Balaban J connectivity index is 1.76. The summed E-state index contributed by atoms with van der Waals surface area (Å²) in [7, 11) is 1.95. The van der Waals surface area contributed by atoms with E-state index in [9.17, 15) is 4.79 Å². The summed E-state index contributed by atoms with van der Waals surface area (Å²) in [5.74, 6) is 0.224. The first kappa shape index (κ1) is 13.8. The van der Waals surface area contributed by atoms with E-state index in [-0.39, 0.29) is 12.0 Å². The van der Waals surface area contributed by atoms with E-state index in [0.29, 0.717) is 31.2 Å². The molecule has 0 aromatic carbocycles. The van der Waals surface area contributed by atoms with Gasteiger partial charge in [-0.2, -0.15) is 0 Å². The highest BCUT2D eigenvalue weighted by Crippen LogP contribution is 2.29. The maximum absolute atomic E-state index is 12.1. The first-order valence-corrected chi connectivity index (χ1v) is 7.19. The minimum absolute atomic E-state index is 0.206. The minimum atomic E-state index is 0.206. The molecule has 2 fully saturated rings. The maximum atomic E-state index is 12.1. The van der Waals surface area contributed by atoms with Crippen LogP contribution in [-0.4, -0.2) is 48.7 Å². The average Bonchev–Trinajstić information content (AvgIpc) is 2.66. The van der Waals surface area contributed by atoms with E-state index in [4.69, 9.17) is 4.74 Å². The molecule has 104 valence electrons. The first-order valence-electron chi connectivity index (χ1n) is 7.19. The quantitative estimate of drug-likeness (QED) is 0.809. The fraction of sp³-hybridized carbons (Fsp3) is 0.929. The summed E-state index contributed by atoms with van der Waals surface area (Å²) in [6, 6.07) is 1.70. The smallest absolute Gasteiger partial charge is 0.224 e. The number of ether oxygens (including phenoxy) is 1. The second-order valence-corrected chi connectivity index (χ2v) is 5.94. The van der Waals surface area contributed by atoms with Crippen molar-refractivity contribution in [2.24, 2.45) is 0 Å². The fourth-order valence-electron chi connectivity index (χ4n) is 3.11. The van der Waals surface area contributed by atoms with Crippen LogP contribution in [0.25, 0.3) is 0 Å². The van der Waals surface area contributed by atoms with E-state index in [1.54, 1.807) is 0 Å². The summed E-state index contributed by atoms with van der Waals surface area (Å²) in [5.41, 5.74) is 0. The van der Waals surface area contributed by atoms with Crippen molar-refractivity contribution in [3.05, 3.63) is 0 Å². The molecule has 0 aromatic heterocycles. The Bertz CT molecular complexity index is 282. The lowest BCUT2D eigenvalue weighted by Crippen LogP contribution is -2.48. The molecule has 0 radical (unpaired) electrons. The molecule has 2 rings (SSSR count). The molecule has 1 N–H and O–H groups in total. The van der Waals surface area contributed by atoms with Crippen molar-refractivity contribution in [1.29, 1.82) is 0 Å². The largest absolute Gasteiger partial charge is 0.378 e. The van der Waals surface area contributed by atoms with Gasteiger partial charge in [-0.05, 0) is 39.5 Å². The molecular formula is C14H26N2O2. The Hall–Kier alpha value is -0.610. The van der Waals surface area contributed by atoms with Gasteiger partial charge in [0.25, 0.3) is 0 Å². The Morgan fingerprint density at radius 3 is 2.50 bits per heavy atom. The Labute approximate surface area is 110 Å². The number of piperidine rings is 1. The zero-order valence-electron chi connectivity index (χ0n) is 11.8. The average molecular weight is 254 g/mol. The number of carbonyl (C=O) groups is 1. The highest BCUT2D eigenvalue weighted by Gasteiger charge is 2.36. The van der Waals surface area contributed by atoms with Crippen LogP contribution in [0, 0.1) is 0 Å². The molecule has 4 nitrogen and oxygen atoms in total. The highest BCUT2D eigenvalue weighted by molar-refractivity contribution is 5.76.